The van der Waals surface area contributed by atoms with Gasteiger partial charge in [-0.05, 0) is 35.1 Å². The van der Waals surface area contributed by atoms with E-state index in [1.165, 1.54) is 5.56 Å². The van der Waals surface area contributed by atoms with Crippen LogP contribution in [-0.4, -0.2) is 53.9 Å². The molecule has 2 aromatic rings. The van der Waals surface area contributed by atoms with Crippen LogP contribution < -0.4 is 4.74 Å². The van der Waals surface area contributed by atoms with Gasteiger partial charge in [0.2, 0.25) is 5.91 Å². The average molecular weight is 440 g/mol. The minimum atomic E-state index is -0.375. The molecule has 3 rings (SSSR count). The molecule has 1 amide bonds. The smallest absolute Gasteiger partial charge is 0.269 e. The quantitative estimate of drug-likeness (QED) is 0.430. The number of carbonyl (C=O) groups is 1. The Balaban J connectivity index is 1.80. The number of non-ortho nitro benzene ring substituents is 1. The zero-order valence-corrected chi connectivity index (χ0v) is 19.4. The van der Waals surface area contributed by atoms with E-state index in [2.05, 4.69) is 30.9 Å². The van der Waals surface area contributed by atoms with Gasteiger partial charge in [-0.2, -0.15) is 0 Å². The Morgan fingerprint density at radius 3 is 2.53 bits per heavy atom. The monoisotopic (exact) mass is 439 g/mol. The Morgan fingerprint density at radius 2 is 1.94 bits per heavy atom. The Morgan fingerprint density at radius 1 is 1.22 bits per heavy atom. The first-order chi connectivity index (χ1) is 15.3. The Labute approximate surface area is 190 Å². The van der Waals surface area contributed by atoms with Crippen LogP contribution in [0.4, 0.5) is 5.69 Å². The van der Waals surface area contributed by atoms with Crippen molar-refractivity contribution in [3.63, 3.8) is 0 Å². The number of carbonyl (C=O) groups excluding carboxylic acids is 1. The molecular formula is C25H33N3O4. The average Bonchev–Trinajstić information content (AvgIpc) is 3.15. The number of likely N-dealkylation sites (tertiary alicyclic amines) is 1. The van der Waals surface area contributed by atoms with Gasteiger partial charge in [0, 0.05) is 57.7 Å². The zero-order chi connectivity index (χ0) is 23.3. The summed E-state index contributed by atoms with van der Waals surface area (Å²) in [7, 11) is 1.67. The van der Waals surface area contributed by atoms with Crippen LogP contribution in [0.15, 0.2) is 48.5 Å². The summed E-state index contributed by atoms with van der Waals surface area (Å²) in [4.78, 5) is 27.2. The van der Waals surface area contributed by atoms with Crippen molar-refractivity contribution < 1.29 is 14.5 Å². The molecule has 0 spiro atoms. The van der Waals surface area contributed by atoms with Crippen molar-refractivity contribution >= 4 is 11.6 Å². The van der Waals surface area contributed by atoms with Gasteiger partial charge < -0.3 is 9.64 Å². The molecular weight excluding hydrogens is 406 g/mol. The Kier molecular flexibility index (Phi) is 7.85. The molecule has 0 unspecified atom stereocenters. The van der Waals surface area contributed by atoms with Gasteiger partial charge >= 0.3 is 0 Å². The molecule has 2 aromatic carbocycles. The summed E-state index contributed by atoms with van der Waals surface area (Å²) in [6.07, 6.45) is 0. The maximum Gasteiger partial charge on any atom is 0.269 e. The molecule has 7 heteroatoms. The molecule has 1 heterocycles. The zero-order valence-electron chi connectivity index (χ0n) is 19.4. The van der Waals surface area contributed by atoms with Crippen LogP contribution in [0.1, 0.15) is 37.8 Å². The number of methoxy groups -OCH3 is 1. The first-order valence-corrected chi connectivity index (χ1v) is 11.1. The van der Waals surface area contributed by atoms with E-state index in [1.807, 2.05) is 29.2 Å². The minimum Gasteiger partial charge on any atom is -0.497 e. The van der Waals surface area contributed by atoms with E-state index in [0.29, 0.717) is 18.4 Å². The van der Waals surface area contributed by atoms with Crippen LogP contribution >= 0.6 is 0 Å². The number of ether oxygens (including phenoxy) is 1. The molecule has 1 fully saturated rings. The molecule has 0 aromatic heterocycles. The number of hydrogen-bond donors (Lipinski definition) is 0. The van der Waals surface area contributed by atoms with Crippen molar-refractivity contribution in [3.8, 4) is 5.75 Å². The maximum atomic E-state index is 12.3. The van der Waals surface area contributed by atoms with Crippen molar-refractivity contribution in [1.29, 1.82) is 0 Å². The predicted molar refractivity (Wildman–Crippen MR) is 125 cm³/mol. The summed E-state index contributed by atoms with van der Waals surface area (Å²) < 4.78 is 5.44. The lowest BCUT2D eigenvalue weighted by molar-refractivity contribution is -0.384. The molecule has 32 heavy (non-hydrogen) atoms. The highest BCUT2D eigenvalue weighted by molar-refractivity contribution is 5.73. The van der Waals surface area contributed by atoms with Crippen molar-refractivity contribution in [1.82, 2.24) is 9.80 Å². The largest absolute Gasteiger partial charge is 0.497 e. The van der Waals surface area contributed by atoms with Crippen LogP contribution in [0.3, 0.4) is 0 Å². The van der Waals surface area contributed by atoms with Crippen molar-refractivity contribution in [2.45, 2.75) is 33.2 Å². The van der Waals surface area contributed by atoms with E-state index in [4.69, 9.17) is 4.74 Å². The standard InChI is InChI=1S/C25H33N3O4/c1-18(2)13-27(19(3)29)16-22-15-26(14-20-8-10-23(11-9-20)28(30)31)17-25(22)21-6-5-7-24(12-21)32-4/h5-12,18,22,25H,13-17H2,1-4H3/t22-,25-/m1/s1. The normalized spacial score (nSPS) is 18.7. The third kappa shape index (κ3) is 6.07. The van der Waals surface area contributed by atoms with Gasteiger partial charge in [0.05, 0.1) is 12.0 Å². The summed E-state index contributed by atoms with van der Waals surface area (Å²) in [6.45, 7) is 9.82. The first-order valence-electron chi connectivity index (χ1n) is 11.1. The second-order valence-corrected chi connectivity index (χ2v) is 9.08. The van der Waals surface area contributed by atoms with E-state index in [1.54, 1.807) is 26.2 Å². The number of benzene rings is 2. The molecule has 172 valence electrons. The van der Waals surface area contributed by atoms with Crippen LogP contribution in [0.2, 0.25) is 0 Å². The lowest BCUT2D eigenvalue weighted by Crippen LogP contribution is -2.38. The minimum absolute atomic E-state index is 0.105. The van der Waals surface area contributed by atoms with E-state index in [-0.39, 0.29) is 22.4 Å². The molecule has 0 saturated carbocycles. The second-order valence-electron chi connectivity index (χ2n) is 9.08. The van der Waals surface area contributed by atoms with Crippen LogP contribution in [0.25, 0.3) is 0 Å². The summed E-state index contributed by atoms with van der Waals surface area (Å²) >= 11 is 0. The number of nitro benzene ring substituents is 1. The van der Waals surface area contributed by atoms with E-state index in [0.717, 1.165) is 37.5 Å². The van der Waals surface area contributed by atoms with Crippen LogP contribution in [-0.2, 0) is 11.3 Å². The lowest BCUT2D eigenvalue weighted by Gasteiger charge is -2.29. The highest BCUT2D eigenvalue weighted by atomic mass is 16.6. The molecule has 0 bridgehead atoms. The summed E-state index contributed by atoms with van der Waals surface area (Å²) in [5.41, 5.74) is 2.37. The summed E-state index contributed by atoms with van der Waals surface area (Å²) in [5.74, 6) is 1.92. The van der Waals surface area contributed by atoms with Crippen molar-refractivity contribution in [3.05, 3.63) is 69.8 Å². The first kappa shape index (κ1) is 23.7. The molecule has 1 aliphatic rings. The molecule has 0 N–H and O–H groups in total. The fraction of sp³-hybridized carbons (Fsp3) is 0.480. The van der Waals surface area contributed by atoms with Gasteiger partial charge in [0.15, 0.2) is 0 Å². The van der Waals surface area contributed by atoms with Crippen LogP contribution in [0.5, 0.6) is 5.75 Å². The molecule has 0 radical (unpaired) electrons. The Bertz CT molecular complexity index is 929. The van der Waals surface area contributed by atoms with Gasteiger partial charge in [0.1, 0.15) is 5.75 Å². The van der Waals surface area contributed by atoms with Gasteiger partial charge in [-0.3, -0.25) is 19.8 Å². The summed E-state index contributed by atoms with van der Waals surface area (Å²) in [6, 6.07) is 15.0. The topological polar surface area (TPSA) is 75.9 Å². The molecule has 0 aliphatic carbocycles. The highest BCUT2D eigenvalue weighted by Gasteiger charge is 2.35. The van der Waals surface area contributed by atoms with Crippen molar-refractivity contribution in [2.75, 3.05) is 33.3 Å². The fourth-order valence-electron chi connectivity index (χ4n) is 4.56. The highest BCUT2D eigenvalue weighted by Crippen LogP contribution is 2.35. The van der Waals surface area contributed by atoms with Gasteiger partial charge in [0.25, 0.3) is 5.69 Å². The maximum absolute atomic E-state index is 12.3. The van der Waals surface area contributed by atoms with E-state index < -0.39 is 0 Å². The van der Waals surface area contributed by atoms with E-state index >= 15 is 0 Å². The second kappa shape index (κ2) is 10.6. The SMILES string of the molecule is COc1cccc([C@H]2CN(Cc3ccc([N+](=O)[O-])cc3)C[C@@H]2CN(CC(C)C)C(C)=O)c1. The number of rotatable bonds is 9. The third-order valence-corrected chi connectivity index (χ3v) is 6.08. The van der Waals surface area contributed by atoms with E-state index in [9.17, 15) is 14.9 Å². The fourth-order valence-corrected chi connectivity index (χ4v) is 4.56. The van der Waals surface area contributed by atoms with Crippen LogP contribution in [0, 0.1) is 22.0 Å². The number of nitro groups is 1. The molecule has 7 nitrogen and oxygen atoms in total. The lowest BCUT2D eigenvalue weighted by atomic mass is 9.88. The Hall–Kier alpha value is -2.93. The number of amides is 1. The molecule has 1 saturated heterocycles. The van der Waals surface area contributed by atoms with Gasteiger partial charge in [-0.15, -0.1) is 0 Å². The van der Waals surface area contributed by atoms with Gasteiger partial charge in [-0.1, -0.05) is 38.1 Å². The van der Waals surface area contributed by atoms with Gasteiger partial charge in [-0.25, -0.2) is 0 Å². The number of nitrogens with zero attached hydrogens (tertiary/aromatic N) is 3. The molecule has 2 atom stereocenters. The number of hydrogen-bond acceptors (Lipinski definition) is 5. The summed E-state index contributed by atoms with van der Waals surface area (Å²) in [5, 5.41) is 10.9. The molecule has 1 aliphatic heterocycles. The third-order valence-electron chi connectivity index (χ3n) is 6.08. The predicted octanol–water partition coefficient (Wildman–Crippen LogP) is 4.32. The van der Waals surface area contributed by atoms with Crippen molar-refractivity contribution in [2.24, 2.45) is 11.8 Å².